The number of para-hydroxylation sites is 1. The Hall–Kier alpha value is -2.19. The summed E-state index contributed by atoms with van der Waals surface area (Å²) in [5.74, 6) is -0.0234. The van der Waals surface area contributed by atoms with E-state index in [0.717, 1.165) is 32.7 Å². The standard InChI is InChI=1S/C17H17N5OS2/c1-9-13(10(2)20-19-9)18-17-22(4)15(23)14(25-17)16-21(3)11-7-5-6-8-12(11)24-16/h5-8H,1-4H3,(H,19,20). The number of benzene rings is 1. The number of carbonyl (C=O) groups excluding carboxylic acids is 1. The smallest absolute Gasteiger partial charge is 0.269 e. The average molecular weight is 371 g/mol. The molecule has 1 amide bonds. The molecule has 0 radical (unpaired) electrons. The van der Waals surface area contributed by atoms with Gasteiger partial charge in [0.15, 0.2) is 5.17 Å². The van der Waals surface area contributed by atoms with Crippen molar-refractivity contribution < 1.29 is 4.79 Å². The topological polar surface area (TPSA) is 64.6 Å². The zero-order valence-corrected chi connectivity index (χ0v) is 16.0. The Kier molecular flexibility index (Phi) is 3.88. The van der Waals surface area contributed by atoms with Crippen LogP contribution in [0.25, 0.3) is 0 Å². The number of H-pyrrole nitrogens is 1. The van der Waals surface area contributed by atoms with Gasteiger partial charge in [0.25, 0.3) is 5.91 Å². The molecule has 1 saturated heterocycles. The highest BCUT2D eigenvalue weighted by atomic mass is 32.2. The van der Waals surface area contributed by atoms with E-state index in [0.29, 0.717) is 10.1 Å². The molecule has 4 rings (SSSR count). The minimum absolute atomic E-state index is 0.0234. The zero-order valence-electron chi connectivity index (χ0n) is 14.3. The van der Waals surface area contributed by atoms with Crippen molar-refractivity contribution in [3.8, 4) is 0 Å². The maximum Gasteiger partial charge on any atom is 0.269 e. The molecule has 0 bridgehead atoms. The summed E-state index contributed by atoms with van der Waals surface area (Å²) >= 11 is 3.04. The molecule has 2 aliphatic rings. The summed E-state index contributed by atoms with van der Waals surface area (Å²) in [5.41, 5.74) is 3.64. The van der Waals surface area contributed by atoms with Crippen molar-refractivity contribution in [3.05, 3.63) is 45.6 Å². The summed E-state index contributed by atoms with van der Waals surface area (Å²) in [6.07, 6.45) is 0. The van der Waals surface area contributed by atoms with Crippen LogP contribution in [0.1, 0.15) is 11.4 Å². The molecule has 8 heteroatoms. The number of amides is 1. The van der Waals surface area contributed by atoms with Crippen LogP contribution in [0, 0.1) is 13.8 Å². The van der Waals surface area contributed by atoms with Crippen molar-refractivity contribution in [1.29, 1.82) is 0 Å². The minimum Gasteiger partial charge on any atom is -0.337 e. The number of anilines is 1. The second-order valence-corrected chi connectivity index (χ2v) is 7.91. The number of thioether (sulfide) groups is 2. The van der Waals surface area contributed by atoms with Crippen LogP contribution in [0.3, 0.4) is 0 Å². The SMILES string of the molecule is Cc1n[nH]c(C)c1N=C1SC(=C2Sc3ccccc3N2C)C(=O)N1C. The number of aromatic amines is 1. The van der Waals surface area contributed by atoms with Crippen LogP contribution in [0.2, 0.25) is 0 Å². The van der Waals surface area contributed by atoms with Crippen molar-refractivity contribution in [2.24, 2.45) is 4.99 Å². The first kappa shape index (κ1) is 16.3. The molecule has 128 valence electrons. The van der Waals surface area contributed by atoms with Gasteiger partial charge in [-0.3, -0.25) is 14.8 Å². The number of aromatic nitrogens is 2. The third-order valence-corrected chi connectivity index (χ3v) is 6.69. The van der Waals surface area contributed by atoms with Crippen LogP contribution >= 0.6 is 23.5 Å². The van der Waals surface area contributed by atoms with Gasteiger partial charge in [-0.1, -0.05) is 23.9 Å². The van der Waals surface area contributed by atoms with E-state index in [2.05, 4.69) is 32.2 Å². The number of nitrogens with zero attached hydrogens (tertiary/aromatic N) is 4. The molecule has 1 N–H and O–H groups in total. The third-order valence-electron chi connectivity index (χ3n) is 4.21. The van der Waals surface area contributed by atoms with Gasteiger partial charge >= 0.3 is 0 Å². The number of hydrogen-bond donors (Lipinski definition) is 1. The third kappa shape index (κ3) is 2.56. The molecule has 2 aliphatic heterocycles. The molecule has 0 aliphatic carbocycles. The quantitative estimate of drug-likeness (QED) is 0.776. The molecular formula is C17H17N5OS2. The molecule has 0 atom stereocenters. The molecular weight excluding hydrogens is 354 g/mol. The summed E-state index contributed by atoms with van der Waals surface area (Å²) in [7, 11) is 3.76. The number of aryl methyl sites for hydroxylation is 2. The van der Waals surface area contributed by atoms with Gasteiger partial charge in [-0.15, -0.1) is 0 Å². The first-order chi connectivity index (χ1) is 12.0. The fourth-order valence-electron chi connectivity index (χ4n) is 2.78. The Morgan fingerprint density at radius 2 is 1.88 bits per heavy atom. The van der Waals surface area contributed by atoms with E-state index in [1.807, 2.05) is 33.0 Å². The first-order valence-corrected chi connectivity index (χ1v) is 9.41. The lowest BCUT2D eigenvalue weighted by atomic mass is 10.3. The molecule has 0 unspecified atom stereocenters. The van der Waals surface area contributed by atoms with Crippen LogP contribution in [-0.2, 0) is 4.79 Å². The van der Waals surface area contributed by atoms with Crippen LogP contribution in [0.15, 0.2) is 44.1 Å². The number of fused-ring (bicyclic) bond motifs is 1. The fourth-order valence-corrected chi connectivity index (χ4v) is 5.10. The van der Waals surface area contributed by atoms with Gasteiger partial charge in [-0.25, -0.2) is 4.99 Å². The van der Waals surface area contributed by atoms with Gasteiger partial charge < -0.3 is 4.90 Å². The van der Waals surface area contributed by atoms with E-state index in [1.165, 1.54) is 11.8 Å². The molecule has 1 aromatic carbocycles. The number of aliphatic imine (C=N–C) groups is 1. The predicted molar refractivity (Wildman–Crippen MR) is 103 cm³/mol. The van der Waals surface area contributed by atoms with Crippen molar-refractivity contribution in [3.63, 3.8) is 0 Å². The van der Waals surface area contributed by atoms with Crippen LogP contribution in [0.5, 0.6) is 0 Å². The maximum atomic E-state index is 12.8. The Balaban J connectivity index is 1.74. The van der Waals surface area contributed by atoms with E-state index >= 15 is 0 Å². The van der Waals surface area contributed by atoms with Gasteiger partial charge in [-0.2, -0.15) is 5.10 Å². The molecule has 25 heavy (non-hydrogen) atoms. The van der Waals surface area contributed by atoms with Gasteiger partial charge in [0.05, 0.1) is 22.1 Å². The Bertz CT molecular complexity index is 927. The highest BCUT2D eigenvalue weighted by Gasteiger charge is 2.37. The van der Waals surface area contributed by atoms with Crippen molar-refractivity contribution in [2.75, 3.05) is 19.0 Å². The summed E-state index contributed by atoms with van der Waals surface area (Å²) in [6, 6.07) is 8.17. The highest BCUT2D eigenvalue weighted by molar-refractivity contribution is 8.19. The Morgan fingerprint density at radius 1 is 1.12 bits per heavy atom. The zero-order chi connectivity index (χ0) is 17.7. The van der Waals surface area contributed by atoms with E-state index in [4.69, 9.17) is 0 Å². The molecule has 1 fully saturated rings. The lowest BCUT2D eigenvalue weighted by Crippen LogP contribution is -2.24. The van der Waals surface area contributed by atoms with Gasteiger partial charge in [-0.05, 0) is 37.7 Å². The summed E-state index contributed by atoms with van der Waals surface area (Å²) in [4.78, 5) is 23.0. The number of hydrogen-bond acceptors (Lipinski definition) is 6. The lowest BCUT2D eigenvalue weighted by Gasteiger charge is -2.14. The monoisotopic (exact) mass is 371 g/mol. The predicted octanol–water partition coefficient (Wildman–Crippen LogP) is 3.63. The fraction of sp³-hybridized carbons (Fsp3) is 0.235. The molecule has 2 aromatic rings. The minimum atomic E-state index is -0.0234. The van der Waals surface area contributed by atoms with E-state index in [1.54, 1.807) is 23.7 Å². The Labute approximate surface area is 154 Å². The van der Waals surface area contributed by atoms with E-state index < -0.39 is 0 Å². The van der Waals surface area contributed by atoms with Crippen molar-refractivity contribution >= 4 is 46.0 Å². The summed E-state index contributed by atoms with van der Waals surface area (Å²) < 4.78 is 0. The van der Waals surface area contributed by atoms with E-state index in [9.17, 15) is 4.79 Å². The lowest BCUT2D eigenvalue weighted by molar-refractivity contribution is -0.121. The maximum absolute atomic E-state index is 12.8. The average Bonchev–Trinajstić information content (AvgIpc) is 3.20. The van der Waals surface area contributed by atoms with Crippen LogP contribution < -0.4 is 4.90 Å². The van der Waals surface area contributed by atoms with Crippen molar-refractivity contribution in [1.82, 2.24) is 15.1 Å². The highest BCUT2D eigenvalue weighted by Crippen LogP contribution is 2.49. The number of amidine groups is 1. The second kappa shape index (κ2) is 5.96. The van der Waals surface area contributed by atoms with Gasteiger partial charge in [0.2, 0.25) is 0 Å². The largest absolute Gasteiger partial charge is 0.337 e. The summed E-state index contributed by atoms with van der Waals surface area (Å²) in [6.45, 7) is 3.83. The number of rotatable bonds is 1. The van der Waals surface area contributed by atoms with Crippen LogP contribution in [-0.4, -0.2) is 40.3 Å². The second-order valence-electron chi connectivity index (χ2n) is 5.91. The van der Waals surface area contributed by atoms with Gasteiger partial charge in [0.1, 0.15) is 10.6 Å². The number of nitrogens with one attached hydrogen (secondary N) is 1. The Morgan fingerprint density at radius 3 is 2.56 bits per heavy atom. The number of carbonyl (C=O) groups is 1. The van der Waals surface area contributed by atoms with E-state index in [-0.39, 0.29) is 5.91 Å². The summed E-state index contributed by atoms with van der Waals surface area (Å²) in [5, 5.41) is 8.72. The normalized spacial score (nSPS) is 21.6. The van der Waals surface area contributed by atoms with Gasteiger partial charge in [0, 0.05) is 19.0 Å². The number of likely N-dealkylation sites (N-methyl/N-ethyl adjacent to an activating group) is 1. The molecule has 3 heterocycles. The first-order valence-electron chi connectivity index (χ1n) is 7.78. The molecule has 0 spiro atoms. The van der Waals surface area contributed by atoms with Crippen LogP contribution in [0.4, 0.5) is 11.4 Å². The van der Waals surface area contributed by atoms with Crippen molar-refractivity contribution in [2.45, 2.75) is 18.7 Å². The molecule has 0 saturated carbocycles. The molecule has 1 aromatic heterocycles. The molecule has 6 nitrogen and oxygen atoms in total.